The highest BCUT2D eigenvalue weighted by Crippen LogP contribution is 2.50. The van der Waals surface area contributed by atoms with Gasteiger partial charge in [-0.15, -0.1) is 6.58 Å². The number of nitrogens with zero attached hydrogens (tertiary/aromatic N) is 1. The van der Waals surface area contributed by atoms with Crippen molar-refractivity contribution in [1.82, 2.24) is 4.57 Å². The summed E-state index contributed by atoms with van der Waals surface area (Å²) >= 11 is 1.75. The van der Waals surface area contributed by atoms with Gasteiger partial charge in [0.25, 0.3) is 0 Å². The highest BCUT2D eigenvalue weighted by atomic mass is 32.2. The van der Waals surface area contributed by atoms with Crippen LogP contribution < -0.4 is 0 Å². The first-order valence-corrected chi connectivity index (χ1v) is 17.3. The lowest BCUT2D eigenvalue weighted by Gasteiger charge is -2.17. The van der Waals surface area contributed by atoms with Crippen molar-refractivity contribution in [1.29, 1.82) is 0 Å². The molecule has 0 saturated heterocycles. The van der Waals surface area contributed by atoms with E-state index < -0.39 is 0 Å². The van der Waals surface area contributed by atoms with E-state index in [1.165, 1.54) is 92.9 Å². The molecule has 1 nitrogen and oxygen atoms in total. The number of thioether (sulfide) groups is 1. The van der Waals surface area contributed by atoms with Crippen molar-refractivity contribution >= 4 is 55.1 Å². The fourth-order valence-corrected chi connectivity index (χ4v) is 8.94. The fraction of sp³-hybridized carbons (Fsp3) is 0.0435. The molecule has 0 N–H and O–H groups in total. The van der Waals surface area contributed by atoms with Crippen LogP contribution in [-0.2, 0) is 6.42 Å². The zero-order chi connectivity index (χ0) is 32.4. The number of hydrogen-bond acceptors (Lipinski definition) is 1. The van der Waals surface area contributed by atoms with Gasteiger partial charge in [-0.25, -0.2) is 0 Å². The second kappa shape index (κ2) is 11.3. The van der Waals surface area contributed by atoms with Crippen molar-refractivity contribution in [2.24, 2.45) is 0 Å². The minimum atomic E-state index is 0.804. The summed E-state index contributed by atoms with van der Waals surface area (Å²) < 4.78 is 2.46. The molecule has 0 aliphatic heterocycles. The molecule has 0 saturated carbocycles. The second-order valence-corrected chi connectivity index (χ2v) is 13.6. The fourth-order valence-electron chi connectivity index (χ4n) is 7.87. The Kier molecular flexibility index (Phi) is 6.74. The molecule has 2 heteroatoms. The van der Waals surface area contributed by atoms with E-state index in [1.807, 2.05) is 13.0 Å². The quantitative estimate of drug-likeness (QED) is 0.0962. The first-order chi connectivity index (χ1) is 23.7. The van der Waals surface area contributed by atoms with Crippen LogP contribution in [0, 0.1) is 0 Å². The molecule has 48 heavy (non-hydrogen) atoms. The van der Waals surface area contributed by atoms with Gasteiger partial charge in [-0.2, -0.15) is 0 Å². The van der Waals surface area contributed by atoms with E-state index in [4.69, 9.17) is 0 Å². The molecular weight excluding hydrogens is 599 g/mol. The van der Waals surface area contributed by atoms with Gasteiger partial charge in [0.15, 0.2) is 0 Å². The Morgan fingerprint density at radius 2 is 1.21 bits per heavy atom. The molecule has 7 aromatic carbocycles. The molecule has 1 aliphatic carbocycles. The SMILES string of the molecule is C=CCc1ccc2c(c1SC(=C)/C=C\C)c1ccccc1n2-c1ccc(-c2ccc3c4c(cccc24)-c2ccccc2-3)c2ccccc12. The summed E-state index contributed by atoms with van der Waals surface area (Å²) in [5, 5.41) is 7.64. The molecule has 0 bridgehead atoms. The minimum absolute atomic E-state index is 0.804. The Morgan fingerprint density at radius 3 is 2.00 bits per heavy atom. The molecular formula is C46H33NS. The van der Waals surface area contributed by atoms with Crippen LogP contribution in [0.25, 0.3) is 82.4 Å². The van der Waals surface area contributed by atoms with Gasteiger partial charge in [0.05, 0.1) is 16.7 Å². The molecule has 0 spiro atoms. The number of para-hydroxylation sites is 1. The van der Waals surface area contributed by atoms with Gasteiger partial charge >= 0.3 is 0 Å². The van der Waals surface area contributed by atoms with Gasteiger partial charge in [-0.05, 0) is 86.6 Å². The maximum absolute atomic E-state index is 4.36. The summed E-state index contributed by atoms with van der Waals surface area (Å²) in [6, 6.07) is 47.1. The molecule has 1 heterocycles. The molecule has 228 valence electrons. The molecule has 0 amide bonds. The van der Waals surface area contributed by atoms with Gasteiger partial charge in [-0.3, -0.25) is 0 Å². The number of aromatic nitrogens is 1. The van der Waals surface area contributed by atoms with E-state index in [9.17, 15) is 0 Å². The summed E-state index contributed by atoms with van der Waals surface area (Å²) in [5.74, 6) is 0. The summed E-state index contributed by atoms with van der Waals surface area (Å²) in [4.78, 5) is 2.27. The lowest BCUT2D eigenvalue weighted by molar-refractivity contribution is 1.17. The minimum Gasteiger partial charge on any atom is -0.309 e. The molecule has 0 unspecified atom stereocenters. The van der Waals surface area contributed by atoms with Crippen LogP contribution in [0.3, 0.4) is 0 Å². The number of rotatable bonds is 7. The summed E-state index contributed by atoms with van der Waals surface area (Å²) in [6.07, 6.45) is 6.94. The van der Waals surface area contributed by atoms with Crippen molar-refractivity contribution in [3.05, 3.63) is 169 Å². The van der Waals surface area contributed by atoms with Crippen molar-refractivity contribution in [3.8, 4) is 39.1 Å². The van der Waals surface area contributed by atoms with Crippen LogP contribution in [0.5, 0.6) is 0 Å². The van der Waals surface area contributed by atoms with Crippen molar-refractivity contribution in [2.75, 3.05) is 0 Å². The lowest BCUT2D eigenvalue weighted by Crippen LogP contribution is -1.97. The molecule has 1 aliphatic rings. The lowest BCUT2D eigenvalue weighted by atomic mass is 9.91. The van der Waals surface area contributed by atoms with E-state index in [-0.39, 0.29) is 0 Å². The third-order valence-electron chi connectivity index (χ3n) is 9.80. The molecule has 9 rings (SSSR count). The number of allylic oxidation sites excluding steroid dienone is 3. The standard InChI is InChI=1S/C46H33NS/c1-4-13-29(3)48-46-30(14-5-2)23-27-43-45(46)40-19-10-11-22-41(40)47(43)42-28-26-34(31-15-8-9-18-36(31)42)35-24-25-39-33-17-7-6-16-32(33)37-20-12-21-38(35)44(37)39/h4-13,15-28H,2-3,14H2,1H3/b13-4-. The van der Waals surface area contributed by atoms with E-state index >= 15 is 0 Å². The van der Waals surface area contributed by atoms with Gasteiger partial charge < -0.3 is 4.57 Å². The van der Waals surface area contributed by atoms with Crippen LogP contribution in [-0.4, -0.2) is 4.57 Å². The maximum Gasteiger partial charge on any atom is 0.0552 e. The monoisotopic (exact) mass is 631 g/mol. The first-order valence-electron chi connectivity index (χ1n) is 16.5. The third-order valence-corrected chi connectivity index (χ3v) is 10.9. The Labute approximate surface area is 285 Å². The van der Waals surface area contributed by atoms with Gasteiger partial charge in [0.2, 0.25) is 0 Å². The third kappa shape index (κ3) is 4.19. The molecule has 0 radical (unpaired) electrons. The highest BCUT2D eigenvalue weighted by Gasteiger charge is 2.24. The van der Waals surface area contributed by atoms with Crippen LogP contribution in [0.1, 0.15) is 12.5 Å². The first kappa shape index (κ1) is 28.6. The average molecular weight is 632 g/mol. The number of fused-ring (bicyclic) bond motifs is 7. The van der Waals surface area contributed by atoms with E-state index in [0.29, 0.717) is 0 Å². The van der Waals surface area contributed by atoms with Crippen molar-refractivity contribution in [3.63, 3.8) is 0 Å². The van der Waals surface area contributed by atoms with E-state index in [2.05, 4.69) is 157 Å². The highest BCUT2D eigenvalue weighted by molar-refractivity contribution is 8.03. The largest absolute Gasteiger partial charge is 0.309 e. The Hall–Kier alpha value is -5.57. The zero-order valence-electron chi connectivity index (χ0n) is 26.8. The normalized spacial score (nSPS) is 12.1. The predicted octanol–water partition coefficient (Wildman–Crippen LogP) is 13.3. The maximum atomic E-state index is 4.36. The summed E-state index contributed by atoms with van der Waals surface area (Å²) in [5.41, 5.74) is 12.7. The van der Waals surface area contributed by atoms with E-state index in [0.717, 1.165) is 11.3 Å². The zero-order valence-corrected chi connectivity index (χ0v) is 27.6. The van der Waals surface area contributed by atoms with Gasteiger partial charge in [0, 0.05) is 26.0 Å². The van der Waals surface area contributed by atoms with E-state index in [1.54, 1.807) is 11.8 Å². The van der Waals surface area contributed by atoms with Crippen molar-refractivity contribution in [2.45, 2.75) is 18.2 Å². The summed E-state index contributed by atoms with van der Waals surface area (Å²) in [7, 11) is 0. The smallest absolute Gasteiger partial charge is 0.0552 e. The predicted molar refractivity (Wildman–Crippen MR) is 209 cm³/mol. The Bertz CT molecular complexity index is 2640. The Morgan fingerprint density at radius 1 is 0.583 bits per heavy atom. The van der Waals surface area contributed by atoms with Crippen LogP contribution in [0.15, 0.2) is 169 Å². The second-order valence-electron chi connectivity index (χ2n) is 12.5. The molecule has 0 atom stereocenters. The molecule has 8 aromatic rings. The van der Waals surface area contributed by atoms with Crippen LogP contribution >= 0.6 is 11.8 Å². The average Bonchev–Trinajstić information content (AvgIpc) is 3.63. The Balaban J connectivity index is 1.31. The van der Waals surface area contributed by atoms with Crippen LogP contribution in [0.2, 0.25) is 0 Å². The number of benzene rings is 7. The molecule has 1 aromatic heterocycles. The van der Waals surface area contributed by atoms with Crippen LogP contribution in [0.4, 0.5) is 0 Å². The van der Waals surface area contributed by atoms with Gasteiger partial charge in [-0.1, -0.05) is 146 Å². The van der Waals surface area contributed by atoms with Gasteiger partial charge in [0.1, 0.15) is 0 Å². The molecule has 0 fully saturated rings. The summed E-state index contributed by atoms with van der Waals surface area (Å²) in [6.45, 7) is 10.5. The van der Waals surface area contributed by atoms with Crippen molar-refractivity contribution < 1.29 is 0 Å². The number of hydrogen-bond donors (Lipinski definition) is 0. The topological polar surface area (TPSA) is 4.93 Å².